The third-order valence-electron chi connectivity index (χ3n) is 4.83. The lowest BCUT2D eigenvalue weighted by molar-refractivity contribution is -0.120. The Morgan fingerprint density at radius 3 is 2.93 bits per heavy atom. The predicted molar refractivity (Wildman–Crippen MR) is 111 cm³/mol. The van der Waals surface area contributed by atoms with Crippen molar-refractivity contribution >= 4 is 38.3 Å². The van der Waals surface area contributed by atoms with E-state index in [0.717, 1.165) is 46.2 Å². The van der Waals surface area contributed by atoms with Crippen molar-refractivity contribution in [2.24, 2.45) is 5.92 Å². The number of piperidine rings is 1. The quantitative estimate of drug-likeness (QED) is 0.676. The Morgan fingerprint density at radius 1 is 1.32 bits per heavy atom. The van der Waals surface area contributed by atoms with Crippen LogP contribution in [0.15, 0.2) is 42.5 Å². The summed E-state index contributed by atoms with van der Waals surface area (Å²) in [6.07, 6.45) is 1.77. The van der Waals surface area contributed by atoms with E-state index in [9.17, 15) is 9.18 Å². The van der Waals surface area contributed by atoms with Gasteiger partial charge in [0, 0.05) is 18.8 Å². The number of amides is 1. The number of carbonyl (C=O) groups excluding carboxylic acids is 1. The van der Waals surface area contributed by atoms with Gasteiger partial charge in [-0.15, -0.1) is 0 Å². The van der Waals surface area contributed by atoms with Crippen molar-refractivity contribution in [3.05, 3.63) is 48.3 Å². The van der Waals surface area contributed by atoms with Crippen LogP contribution in [0.1, 0.15) is 19.8 Å². The van der Waals surface area contributed by atoms with Gasteiger partial charge in [0.2, 0.25) is 5.91 Å². The van der Waals surface area contributed by atoms with Gasteiger partial charge in [0.25, 0.3) is 0 Å². The fourth-order valence-corrected chi connectivity index (χ4v) is 4.46. The zero-order chi connectivity index (χ0) is 19.5. The van der Waals surface area contributed by atoms with E-state index in [0.29, 0.717) is 13.2 Å². The molecule has 2 aromatic carbocycles. The summed E-state index contributed by atoms with van der Waals surface area (Å²) in [5, 5.41) is 3.85. The number of nitrogens with zero attached hydrogens (tertiary/aromatic N) is 2. The minimum atomic E-state index is -0.256. The molecular formula is C21H22FN3O2S. The highest BCUT2D eigenvalue weighted by molar-refractivity contribution is 7.22. The fraction of sp³-hybridized carbons (Fsp3) is 0.333. The molecule has 1 fully saturated rings. The van der Waals surface area contributed by atoms with Gasteiger partial charge >= 0.3 is 0 Å². The lowest BCUT2D eigenvalue weighted by atomic mass is 9.97. The minimum Gasteiger partial charge on any atom is -0.494 e. The average molecular weight is 399 g/mol. The van der Waals surface area contributed by atoms with Crippen LogP contribution in [0.5, 0.6) is 5.75 Å². The molecule has 28 heavy (non-hydrogen) atoms. The third-order valence-corrected chi connectivity index (χ3v) is 5.91. The number of hydrogen-bond donors (Lipinski definition) is 1. The van der Waals surface area contributed by atoms with E-state index < -0.39 is 0 Å². The van der Waals surface area contributed by atoms with E-state index in [1.54, 1.807) is 6.07 Å². The summed E-state index contributed by atoms with van der Waals surface area (Å²) in [4.78, 5) is 19.5. The Balaban J connectivity index is 1.42. The summed E-state index contributed by atoms with van der Waals surface area (Å²) in [7, 11) is 0. The molecule has 1 saturated heterocycles. The molecule has 1 N–H and O–H groups in total. The zero-order valence-corrected chi connectivity index (χ0v) is 16.5. The molecule has 7 heteroatoms. The van der Waals surface area contributed by atoms with Crippen molar-refractivity contribution in [2.75, 3.05) is 29.9 Å². The second kappa shape index (κ2) is 8.14. The van der Waals surface area contributed by atoms with Crippen molar-refractivity contribution < 1.29 is 13.9 Å². The Kier molecular flexibility index (Phi) is 5.43. The molecule has 1 unspecified atom stereocenters. The fourth-order valence-electron chi connectivity index (χ4n) is 3.43. The first-order valence-electron chi connectivity index (χ1n) is 9.47. The molecule has 0 aliphatic carbocycles. The summed E-state index contributed by atoms with van der Waals surface area (Å²) in [5.74, 6) is 0.440. The van der Waals surface area contributed by atoms with Crippen LogP contribution >= 0.6 is 11.3 Å². The van der Waals surface area contributed by atoms with E-state index in [1.807, 2.05) is 31.2 Å². The monoisotopic (exact) mass is 399 g/mol. The lowest BCUT2D eigenvalue weighted by Crippen LogP contribution is -2.40. The summed E-state index contributed by atoms with van der Waals surface area (Å²) >= 11 is 1.47. The number of carbonyl (C=O) groups is 1. The highest BCUT2D eigenvalue weighted by Gasteiger charge is 2.27. The van der Waals surface area contributed by atoms with Gasteiger partial charge in [-0.2, -0.15) is 0 Å². The van der Waals surface area contributed by atoms with Crippen molar-refractivity contribution in [2.45, 2.75) is 19.8 Å². The number of benzene rings is 2. The maximum atomic E-state index is 13.4. The molecule has 1 aromatic heterocycles. The normalized spacial score (nSPS) is 16.9. The maximum Gasteiger partial charge on any atom is 0.229 e. The average Bonchev–Trinajstić information content (AvgIpc) is 3.13. The Bertz CT molecular complexity index is 973. The van der Waals surface area contributed by atoms with Crippen LogP contribution in [0.3, 0.4) is 0 Å². The number of rotatable bonds is 5. The maximum absolute atomic E-state index is 13.4. The molecule has 2 heterocycles. The summed E-state index contributed by atoms with van der Waals surface area (Å²) in [6, 6.07) is 12.0. The van der Waals surface area contributed by atoms with Crippen LogP contribution in [0.25, 0.3) is 10.2 Å². The third kappa shape index (κ3) is 4.09. The van der Waals surface area contributed by atoms with Crippen LogP contribution in [-0.2, 0) is 4.79 Å². The molecule has 3 aromatic rings. The van der Waals surface area contributed by atoms with Crippen LogP contribution < -0.4 is 15.0 Å². The Morgan fingerprint density at radius 2 is 2.14 bits per heavy atom. The van der Waals surface area contributed by atoms with Gasteiger partial charge in [-0.05, 0) is 62.2 Å². The lowest BCUT2D eigenvalue weighted by Gasteiger charge is -2.31. The number of halogens is 1. The molecule has 0 saturated carbocycles. The molecule has 0 radical (unpaired) electrons. The van der Waals surface area contributed by atoms with Gasteiger partial charge in [-0.1, -0.05) is 11.3 Å². The molecule has 146 valence electrons. The molecule has 0 spiro atoms. The number of fused-ring (bicyclic) bond motifs is 1. The first kappa shape index (κ1) is 18.7. The van der Waals surface area contributed by atoms with Gasteiger partial charge in [0.1, 0.15) is 11.6 Å². The molecule has 0 bridgehead atoms. The van der Waals surface area contributed by atoms with E-state index in [2.05, 4.69) is 15.2 Å². The van der Waals surface area contributed by atoms with Gasteiger partial charge in [0.05, 0.1) is 22.7 Å². The highest BCUT2D eigenvalue weighted by atomic mass is 32.1. The first-order valence-corrected chi connectivity index (χ1v) is 10.3. The van der Waals surface area contributed by atoms with Crippen LogP contribution in [0.2, 0.25) is 0 Å². The zero-order valence-electron chi connectivity index (χ0n) is 15.7. The van der Waals surface area contributed by atoms with Crippen LogP contribution in [-0.4, -0.2) is 30.6 Å². The second-order valence-corrected chi connectivity index (χ2v) is 7.85. The van der Waals surface area contributed by atoms with E-state index in [4.69, 9.17) is 4.74 Å². The minimum absolute atomic E-state index is 0.0148. The first-order chi connectivity index (χ1) is 13.6. The standard InChI is InChI=1S/C21H22FN3O2S/c1-2-27-17-8-6-16(7-9-17)23-20(26)14-4-3-11-25(13-14)21-24-18-10-5-15(22)12-19(18)28-21/h5-10,12,14H,2-4,11,13H2,1H3,(H,23,26). The van der Waals surface area contributed by atoms with Crippen LogP contribution in [0.4, 0.5) is 15.2 Å². The van der Waals surface area contributed by atoms with Gasteiger partial charge < -0.3 is 15.0 Å². The van der Waals surface area contributed by atoms with Crippen molar-refractivity contribution in [1.82, 2.24) is 4.98 Å². The summed E-state index contributed by atoms with van der Waals surface area (Å²) < 4.78 is 19.7. The van der Waals surface area contributed by atoms with Crippen LogP contribution in [0, 0.1) is 11.7 Å². The molecular weight excluding hydrogens is 377 g/mol. The SMILES string of the molecule is CCOc1ccc(NC(=O)C2CCCN(c3nc4ccc(F)cc4s3)C2)cc1. The Labute approximate surface area is 167 Å². The molecule has 1 amide bonds. The van der Waals surface area contributed by atoms with Gasteiger partial charge in [0.15, 0.2) is 5.13 Å². The number of anilines is 2. The topological polar surface area (TPSA) is 54.5 Å². The Hall–Kier alpha value is -2.67. The van der Waals surface area contributed by atoms with Gasteiger partial charge in [-0.25, -0.2) is 9.37 Å². The van der Waals surface area contributed by atoms with E-state index in [-0.39, 0.29) is 17.6 Å². The number of thiazole rings is 1. The highest BCUT2D eigenvalue weighted by Crippen LogP contribution is 2.32. The molecule has 1 aliphatic rings. The molecule has 1 atom stereocenters. The molecule has 4 rings (SSSR count). The van der Waals surface area contributed by atoms with Crippen molar-refractivity contribution in [3.63, 3.8) is 0 Å². The predicted octanol–water partition coefficient (Wildman–Crippen LogP) is 4.69. The number of nitrogens with one attached hydrogen (secondary N) is 1. The van der Waals surface area contributed by atoms with Crippen molar-refractivity contribution in [3.8, 4) is 5.75 Å². The number of hydrogen-bond acceptors (Lipinski definition) is 5. The smallest absolute Gasteiger partial charge is 0.229 e. The van der Waals surface area contributed by atoms with Gasteiger partial charge in [-0.3, -0.25) is 4.79 Å². The van der Waals surface area contributed by atoms with E-state index >= 15 is 0 Å². The summed E-state index contributed by atoms with van der Waals surface area (Å²) in [6.45, 7) is 4.02. The van der Waals surface area contributed by atoms with E-state index in [1.165, 1.54) is 23.5 Å². The largest absolute Gasteiger partial charge is 0.494 e. The van der Waals surface area contributed by atoms with Crippen molar-refractivity contribution in [1.29, 1.82) is 0 Å². The molecule has 5 nitrogen and oxygen atoms in total. The number of aromatic nitrogens is 1. The molecule has 1 aliphatic heterocycles. The summed E-state index contributed by atoms with van der Waals surface area (Å²) in [5.41, 5.74) is 1.56. The number of ether oxygens (including phenoxy) is 1. The second-order valence-electron chi connectivity index (χ2n) is 6.84.